The molecule has 0 aromatic heterocycles. The van der Waals surface area contributed by atoms with Gasteiger partial charge in [-0.25, -0.2) is 4.99 Å². The molecule has 3 rings (SSSR count). The minimum Gasteiger partial charge on any atom is -0.500 e. The second-order valence-corrected chi connectivity index (χ2v) is 6.78. The molecule has 21 heavy (non-hydrogen) atoms. The van der Waals surface area contributed by atoms with Crippen LogP contribution in [0.2, 0.25) is 0 Å². The van der Waals surface area contributed by atoms with E-state index in [9.17, 15) is 0 Å². The number of aliphatic imine (C=N–C) groups is 1. The zero-order chi connectivity index (χ0) is 15.3. The Bertz CT molecular complexity index is 630. The smallest absolute Gasteiger partial charge is 0.198 e. The summed E-state index contributed by atoms with van der Waals surface area (Å²) in [4.78, 5) is 4.81. The standard InChI is InChI=1S/C18H23NO2/c1-12-14-9-7-6-8-13(14)10-15(20-5)18(12,4)16-19-17(2,3)11-21-16/h6-10,12H,11H2,1-5H3/t12-,18-/m0/s1. The zero-order valence-electron chi connectivity index (χ0n) is 13.4. The van der Waals surface area contributed by atoms with Crippen LogP contribution in [0.3, 0.4) is 0 Å². The molecule has 0 fully saturated rings. The van der Waals surface area contributed by atoms with Gasteiger partial charge in [-0.3, -0.25) is 0 Å². The molecular formula is C18H23NO2. The molecule has 0 N–H and O–H groups in total. The second-order valence-electron chi connectivity index (χ2n) is 6.78. The van der Waals surface area contributed by atoms with Gasteiger partial charge in [0.1, 0.15) is 17.8 Å². The molecule has 0 spiro atoms. The molecule has 0 amide bonds. The maximum absolute atomic E-state index is 5.96. The van der Waals surface area contributed by atoms with Crippen molar-refractivity contribution in [3.8, 4) is 0 Å². The summed E-state index contributed by atoms with van der Waals surface area (Å²) < 4.78 is 11.7. The van der Waals surface area contributed by atoms with Gasteiger partial charge in [0.15, 0.2) is 5.90 Å². The lowest BCUT2D eigenvalue weighted by Crippen LogP contribution is -2.38. The van der Waals surface area contributed by atoms with E-state index in [4.69, 9.17) is 14.5 Å². The minimum absolute atomic E-state index is 0.159. The Balaban J connectivity index is 2.15. The van der Waals surface area contributed by atoms with Crippen molar-refractivity contribution in [2.75, 3.05) is 13.7 Å². The van der Waals surface area contributed by atoms with Crippen LogP contribution in [-0.4, -0.2) is 25.2 Å². The molecule has 0 saturated heterocycles. The summed E-state index contributed by atoms with van der Waals surface area (Å²) in [5.41, 5.74) is 2.03. The Morgan fingerprint density at radius 3 is 2.57 bits per heavy atom. The maximum atomic E-state index is 5.96. The van der Waals surface area contributed by atoms with Crippen molar-refractivity contribution in [2.45, 2.75) is 39.2 Å². The molecule has 1 aliphatic heterocycles. The summed E-state index contributed by atoms with van der Waals surface area (Å²) in [5, 5.41) is 0. The molecule has 2 aliphatic rings. The van der Waals surface area contributed by atoms with Crippen molar-refractivity contribution < 1.29 is 9.47 Å². The maximum Gasteiger partial charge on any atom is 0.198 e. The van der Waals surface area contributed by atoms with Crippen LogP contribution >= 0.6 is 0 Å². The Morgan fingerprint density at radius 2 is 1.95 bits per heavy atom. The monoisotopic (exact) mass is 285 g/mol. The fourth-order valence-corrected chi connectivity index (χ4v) is 3.26. The molecule has 0 radical (unpaired) electrons. The van der Waals surface area contributed by atoms with Gasteiger partial charge < -0.3 is 9.47 Å². The number of fused-ring (bicyclic) bond motifs is 1. The molecule has 112 valence electrons. The van der Waals surface area contributed by atoms with Gasteiger partial charge >= 0.3 is 0 Å². The summed E-state index contributed by atoms with van der Waals surface area (Å²) in [7, 11) is 1.73. The Morgan fingerprint density at radius 1 is 1.24 bits per heavy atom. The summed E-state index contributed by atoms with van der Waals surface area (Å²) in [6, 6.07) is 8.46. The number of benzene rings is 1. The number of ether oxygens (including phenoxy) is 2. The highest BCUT2D eigenvalue weighted by Gasteiger charge is 2.49. The summed E-state index contributed by atoms with van der Waals surface area (Å²) >= 11 is 0. The lowest BCUT2D eigenvalue weighted by atomic mass is 9.68. The van der Waals surface area contributed by atoms with Gasteiger partial charge in [-0.2, -0.15) is 0 Å². The van der Waals surface area contributed by atoms with Crippen LogP contribution in [0.1, 0.15) is 44.7 Å². The third kappa shape index (κ3) is 2.06. The fraction of sp³-hybridized carbons (Fsp3) is 0.500. The summed E-state index contributed by atoms with van der Waals surface area (Å²) in [6.45, 7) is 9.22. The molecule has 1 aliphatic carbocycles. The molecule has 2 atom stereocenters. The highest BCUT2D eigenvalue weighted by molar-refractivity contribution is 5.90. The van der Waals surface area contributed by atoms with Crippen LogP contribution in [0.4, 0.5) is 0 Å². The van der Waals surface area contributed by atoms with Gasteiger partial charge in [-0.05, 0) is 38.0 Å². The number of hydrogen-bond donors (Lipinski definition) is 0. The van der Waals surface area contributed by atoms with E-state index in [1.54, 1.807) is 7.11 Å². The van der Waals surface area contributed by atoms with E-state index in [2.05, 4.69) is 58.0 Å². The topological polar surface area (TPSA) is 30.8 Å². The van der Waals surface area contributed by atoms with Crippen molar-refractivity contribution in [3.63, 3.8) is 0 Å². The fourth-order valence-electron chi connectivity index (χ4n) is 3.26. The molecule has 1 heterocycles. The highest BCUT2D eigenvalue weighted by Crippen LogP contribution is 2.50. The highest BCUT2D eigenvalue weighted by atomic mass is 16.5. The van der Waals surface area contributed by atoms with E-state index in [1.807, 2.05) is 0 Å². The van der Waals surface area contributed by atoms with Crippen LogP contribution in [0.25, 0.3) is 6.08 Å². The van der Waals surface area contributed by atoms with Gasteiger partial charge in [0.2, 0.25) is 0 Å². The first kappa shape index (κ1) is 14.2. The van der Waals surface area contributed by atoms with Crippen molar-refractivity contribution >= 4 is 12.0 Å². The lowest BCUT2D eigenvalue weighted by Gasteiger charge is -2.39. The molecular weight excluding hydrogens is 262 g/mol. The predicted octanol–water partition coefficient (Wildman–Crippen LogP) is 4.00. The minimum atomic E-state index is -0.350. The quantitative estimate of drug-likeness (QED) is 0.822. The third-order valence-electron chi connectivity index (χ3n) is 4.76. The lowest BCUT2D eigenvalue weighted by molar-refractivity contribution is 0.176. The number of hydrogen-bond acceptors (Lipinski definition) is 3. The normalized spacial score (nSPS) is 30.0. The number of methoxy groups -OCH3 is 1. The number of rotatable bonds is 2. The van der Waals surface area contributed by atoms with Crippen LogP contribution in [0, 0.1) is 5.41 Å². The van der Waals surface area contributed by atoms with E-state index in [1.165, 1.54) is 11.1 Å². The van der Waals surface area contributed by atoms with Crippen LogP contribution in [-0.2, 0) is 9.47 Å². The second kappa shape index (κ2) is 4.62. The molecule has 0 saturated carbocycles. The van der Waals surface area contributed by atoms with E-state index in [0.717, 1.165) is 11.7 Å². The third-order valence-corrected chi connectivity index (χ3v) is 4.76. The first-order valence-electron chi connectivity index (χ1n) is 7.47. The van der Waals surface area contributed by atoms with Crippen molar-refractivity contribution in [2.24, 2.45) is 10.4 Å². The molecule has 3 heteroatoms. The molecule has 0 unspecified atom stereocenters. The average molecular weight is 285 g/mol. The summed E-state index contributed by atoms with van der Waals surface area (Å²) in [6.07, 6.45) is 2.12. The zero-order valence-corrected chi connectivity index (χ0v) is 13.4. The molecule has 0 bridgehead atoms. The predicted molar refractivity (Wildman–Crippen MR) is 85.4 cm³/mol. The van der Waals surface area contributed by atoms with E-state index < -0.39 is 0 Å². The van der Waals surface area contributed by atoms with E-state index in [0.29, 0.717) is 6.61 Å². The Hall–Kier alpha value is -1.77. The van der Waals surface area contributed by atoms with Gasteiger partial charge in [0.05, 0.1) is 12.6 Å². The van der Waals surface area contributed by atoms with Crippen LogP contribution in [0.15, 0.2) is 35.0 Å². The van der Waals surface area contributed by atoms with Gasteiger partial charge in [-0.1, -0.05) is 31.2 Å². The molecule has 1 aromatic rings. The van der Waals surface area contributed by atoms with Crippen molar-refractivity contribution in [3.05, 3.63) is 41.2 Å². The first-order valence-corrected chi connectivity index (χ1v) is 7.47. The average Bonchev–Trinajstić information content (AvgIpc) is 2.83. The summed E-state index contributed by atoms with van der Waals surface area (Å²) in [5.74, 6) is 1.97. The van der Waals surface area contributed by atoms with Gasteiger partial charge in [0.25, 0.3) is 0 Å². The van der Waals surface area contributed by atoms with E-state index >= 15 is 0 Å². The van der Waals surface area contributed by atoms with Crippen molar-refractivity contribution in [1.82, 2.24) is 0 Å². The Labute approximate surface area is 126 Å². The molecule has 3 nitrogen and oxygen atoms in total. The van der Waals surface area contributed by atoms with Gasteiger partial charge in [-0.15, -0.1) is 0 Å². The number of nitrogens with zero attached hydrogens (tertiary/aromatic N) is 1. The largest absolute Gasteiger partial charge is 0.500 e. The van der Waals surface area contributed by atoms with Gasteiger partial charge in [0, 0.05) is 5.92 Å². The van der Waals surface area contributed by atoms with Crippen LogP contribution in [0.5, 0.6) is 0 Å². The van der Waals surface area contributed by atoms with Crippen molar-refractivity contribution in [1.29, 1.82) is 0 Å². The SMILES string of the molecule is COC1=Cc2ccccc2[C@H](C)[C@]1(C)C1=NC(C)(C)CO1. The van der Waals surface area contributed by atoms with Crippen LogP contribution < -0.4 is 0 Å². The Kier molecular flexibility index (Phi) is 3.12. The molecule has 1 aromatic carbocycles. The van der Waals surface area contributed by atoms with E-state index in [-0.39, 0.29) is 16.9 Å². The first-order chi connectivity index (χ1) is 9.88.